The second-order valence-corrected chi connectivity index (χ2v) is 5.38. The summed E-state index contributed by atoms with van der Waals surface area (Å²) >= 11 is 0. The van der Waals surface area contributed by atoms with Gasteiger partial charge in [-0.3, -0.25) is 14.5 Å². The molecule has 2 rings (SSSR count). The van der Waals surface area contributed by atoms with Gasteiger partial charge in [-0.15, -0.1) is 0 Å². The number of carbonyl (C=O) groups excluding carboxylic acids is 1. The lowest BCUT2D eigenvalue weighted by Crippen LogP contribution is -2.37. The molecule has 0 aliphatic carbocycles. The smallest absolute Gasteiger partial charge is 0.255 e. The highest BCUT2D eigenvalue weighted by Gasteiger charge is 2.02. The lowest BCUT2D eigenvalue weighted by Gasteiger charge is -2.12. The molecule has 4 N–H and O–H groups in total. The Morgan fingerprint density at radius 1 is 1.36 bits per heavy atom. The van der Waals surface area contributed by atoms with Crippen LogP contribution in [0.15, 0.2) is 47.7 Å². The summed E-state index contributed by atoms with van der Waals surface area (Å²) < 4.78 is 7.20. The first kappa shape index (κ1) is 18.3. The molecule has 134 valence electrons. The zero-order chi connectivity index (χ0) is 17.9. The van der Waals surface area contributed by atoms with Gasteiger partial charge in [0.25, 0.3) is 5.91 Å². The SMILES string of the molecule is CN=C(NCCCn1cccn1)NCc1cccc(OCC(N)=O)c1. The van der Waals surface area contributed by atoms with Crippen molar-refractivity contribution in [1.29, 1.82) is 0 Å². The molecule has 1 aromatic carbocycles. The molecule has 1 aromatic heterocycles. The van der Waals surface area contributed by atoms with E-state index in [0.29, 0.717) is 12.3 Å². The predicted molar refractivity (Wildman–Crippen MR) is 96.2 cm³/mol. The van der Waals surface area contributed by atoms with E-state index in [1.54, 1.807) is 19.3 Å². The van der Waals surface area contributed by atoms with E-state index >= 15 is 0 Å². The van der Waals surface area contributed by atoms with Crippen molar-refractivity contribution in [3.63, 3.8) is 0 Å². The van der Waals surface area contributed by atoms with E-state index < -0.39 is 5.91 Å². The van der Waals surface area contributed by atoms with Gasteiger partial charge in [-0.25, -0.2) is 0 Å². The van der Waals surface area contributed by atoms with Gasteiger partial charge in [0.1, 0.15) is 5.75 Å². The summed E-state index contributed by atoms with van der Waals surface area (Å²) in [5.41, 5.74) is 6.09. The molecule has 8 nitrogen and oxygen atoms in total. The third kappa shape index (κ3) is 6.94. The molecule has 1 amide bonds. The van der Waals surface area contributed by atoms with E-state index in [4.69, 9.17) is 10.5 Å². The lowest BCUT2D eigenvalue weighted by molar-refractivity contribution is -0.119. The molecule has 0 fully saturated rings. The zero-order valence-corrected chi connectivity index (χ0v) is 14.3. The van der Waals surface area contributed by atoms with Gasteiger partial charge in [-0.2, -0.15) is 5.10 Å². The van der Waals surface area contributed by atoms with Crippen LogP contribution in [-0.2, 0) is 17.9 Å². The molecular formula is C17H24N6O2. The number of nitrogens with zero attached hydrogens (tertiary/aromatic N) is 3. The summed E-state index contributed by atoms with van der Waals surface area (Å²) in [6.45, 7) is 2.11. The van der Waals surface area contributed by atoms with Crippen LogP contribution in [0.1, 0.15) is 12.0 Å². The number of hydrogen-bond acceptors (Lipinski definition) is 4. The van der Waals surface area contributed by atoms with E-state index in [1.165, 1.54) is 0 Å². The highest BCUT2D eigenvalue weighted by atomic mass is 16.5. The molecule has 0 saturated heterocycles. The number of amides is 1. The normalized spacial score (nSPS) is 11.2. The Morgan fingerprint density at radius 2 is 2.24 bits per heavy atom. The van der Waals surface area contributed by atoms with Crippen LogP contribution in [0.25, 0.3) is 0 Å². The van der Waals surface area contributed by atoms with E-state index in [0.717, 1.165) is 31.0 Å². The molecule has 2 aromatic rings. The topological polar surface area (TPSA) is 107 Å². The molecule has 0 radical (unpaired) electrons. The Kier molecular flexibility index (Phi) is 7.30. The van der Waals surface area contributed by atoms with Gasteiger partial charge in [0.05, 0.1) is 0 Å². The zero-order valence-electron chi connectivity index (χ0n) is 14.3. The maximum atomic E-state index is 10.8. The van der Waals surface area contributed by atoms with Crippen molar-refractivity contribution in [2.75, 3.05) is 20.2 Å². The largest absolute Gasteiger partial charge is 0.484 e. The Balaban J connectivity index is 1.72. The number of guanidine groups is 1. The van der Waals surface area contributed by atoms with Crippen molar-refractivity contribution in [2.45, 2.75) is 19.5 Å². The number of aliphatic imine (C=N–C) groups is 1. The Labute approximate surface area is 147 Å². The van der Waals surface area contributed by atoms with Crippen LogP contribution < -0.4 is 21.1 Å². The van der Waals surface area contributed by atoms with Gasteiger partial charge in [0.2, 0.25) is 0 Å². The van der Waals surface area contributed by atoms with Crippen LogP contribution in [0, 0.1) is 0 Å². The molecule has 8 heteroatoms. The molecule has 25 heavy (non-hydrogen) atoms. The monoisotopic (exact) mass is 344 g/mol. The summed E-state index contributed by atoms with van der Waals surface area (Å²) in [7, 11) is 1.73. The minimum Gasteiger partial charge on any atom is -0.484 e. The summed E-state index contributed by atoms with van der Waals surface area (Å²) in [6.07, 6.45) is 4.66. The number of carbonyl (C=O) groups is 1. The summed E-state index contributed by atoms with van der Waals surface area (Å²) in [4.78, 5) is 15.0. The third-order valence-electron chi connectivity index (χ3n) is 3.38. The van der Waals surface area contributed by atoms with Crippen molar-refractivity contribution in [3.05, 3.63) is 48.3 Å². The molecular weight excluding hydrogens is 320 g/mol. The van der Waals surface area contributed by atoms with Gasteiger partial charge < -0.3 is 21.1 Å². The maximum Gasteiger partial charge on any atom is 0.255 e. The van der Waals surface area contributed by atoms with Crippen molar-refractivity contribution >= 4 is 11.9 Å². The number of hydrogen-bond donors (Lipinski definition) is 3. The highest BCUT2D eigenvalue weighted by molar-refractivity contribution is 5.79. The van der Waals surface area contributed by atoms with Gasteiger partial charge in [-0.05, 0) is 30.2 Å². The minimum atomic E-state index is -0.497. The maximum absolute atomic E-state index is 10.8. The number of nitrogens with one attached hydrogen (secondary N) is 2. The van der Waals surface area contributed by atoms with Gasteiger partial charge in [-0.1, -0.05) is 12.1 Å². The Bertz CT molecular complexity index is 684. The van der Waals surface area contributed by atoms with Crippen LogP contribution in [0.5, 0.6) is 5.75 Å². The predicted octanol–water partition coefficient (Wildman–Crippen LogP) is 0.502. The summed E-state index contributed by atoms with van der Waals surface area (Å²) in [5, 5.41) is 10.7. The number of rotatable bonds is 9. The van der Waals surface area contributed by atoms with Crippen LogP contribution in [-0.4, -0.2) is 41.8 Å². The minimum absolute atomic E-state index is 0.129. The molecule has 0 unspecified atom stereocenters. The fourth-order valence-electron chi connectivity index (χ4n) is 2.19. The molecule has 0 aliphatic heterocycles. The van der Waals surface area contributed by atoms with Crippen LogP contribution >= 0.6 is 0 Å². The van der Waals surface area contributed by atoms with Gasteiger partial charge in [0, 0.05) is 39.1 Å². The highest BCUT2D eigenvalue weighted by Crippen LogP contribution is 2.12. The molecule has 0 saturated carbocycles. The average molecular weight is 344 g/mol. The Hall–Kier alpha value is -3.03. The number of primary amides is 1. The van der Waals surface area contributed by atoms with Crippen molar-refractivity contribution < 1.29 is 9.53 Å². The summed E-state index contributed by atoms with van der Waals surface area (Å²) in [6, 6.07) is 9.40. The van der Waals surface area contributed by atoms with Crippen LogP contribution in [0.4, 0.5) is 0 Å². The first-order valence-corrected chi connectivity index (χ1v) is 8.09. The van der Waals surface area contributed by atoms with E-state index in [2.05, 4.69) is 20.7 Å². The number of aromatic nitrogens is 2. The van der Waals surface area contributed by atoms with Crippen molar-refractivity contribution in [1.82, 2.24) is 20.4 Å². The first-order valence-electron chi connectivity index (χ1n) is 8.09. The van der Waals surface area contributed by atoms with E-state index in [-0.39, 0.29) is 6.61 Å². The average Bonchev–Trinajstić information content (AvgIpc) is 3.13. The molecule has 1 heterocycles. The number of aryl methyl sites for hydroxylation is 1. The lowest BCUT2D eigenvalue weighted by atomic mass is 10.2. The Morgan fingerprint density at radius 3 is 2.96 bits per heavy atom. The molecule has 0 atom stereocenters. The second kappa shape index (κ2) is 9.96. The van der Waals surface area contributed by atoms with E-state index in [9.17, 15) is 4.79 Å². The number of nitrogens with two attached hydrogens (primary N) is 1. The van der Waals surface area contributed by atoms with Crippen molar-refractivity contribution in [2.24, 2.45) is 10.7 Å². The fourth-order valence-corrected chi connectivity index (χ4v) is 2.19. The fraction of sp³-hybridized carbons (Fsp3) is 0.353. The van der Waals surface area contributed by atoms with Crippen LogP contribution in [0.2, 0.25) is 0 Å². The van der Waals surface area contributed by atoms with Gasteiger partial charge in [0.15, 0.2) is 12.6 Å². The number of ether oxygens (including phenoxy) is 1. The van der Waals surface area contributed by atoms with Crippen LogP contribution in [0.3, 0.4) is 0 Å². The molecule has 0 bridgehead atoms. The standard InChI is InChI=1S/C17H24N6O2/c1-19-17(20-7-3-9-23-10-4-8-22-23)21-12-14-5-2-6-15(11-14)25-13-16(18)24/h2,4-6,8,10-11H,3,7,9,12-13H2,1H3,(H2,18,24)(H2,19,20,21). The molecule has 0 spiro atoms. The number of benzene rings is 1. The quantitative estimate of drug-likeness (QED) is 0.349. The first-order chi connectivity index (χ1) is 12.2. The van der Waals surface area contributed by atoms with Gasteiger partial charge >= 0.3 is 0 Å². The second-order valence-electron chi connectivity index (χ2n) is 5.38. The summed E-state index contributed by atoms with van der Waals surface area (Å²) in [5.74, 6) is 0.840. The molecule has 0 aliphatic rings. The third-order valence-corrected chi connectivity index (χ3v) is 3.38. The van der Waals surface area contributed by atoms with Crippen molar-refractivity contribution in [3.8, 4) is 5.75 Å². The van der Waals surface area contributed by atoms with E-state index in [1.807, 2.05) is 35.1 Å².